The summed E-state index contributed by atoms with van der Waals surface area (Å²) in [6, 6.07) is 12.9. The molecule has 0 bridgehead atoms. The molecule has 2 amide bonds. The summed E-state index contributed by atoms with van der Waals surface area (Å²) in [7, 11) is 3.20. The van der Waals surface area contributed by atoms with E-state index in [0.29, 0.717) is 31.0 Å². The minimum Gasteiger partial charge on any atom is -0.493 e. The minimum atomic E-state index is -0.292. The molecule has 0 unspecified atom stereocenters. The van der Waals surface area contributed by atoms with Gasteiger partial charge in [0.25, 0.3) is 5.91 Å². The highest BCUT2D eigenvalue weighted by Gasteiger charge is 2.26. The molecule has 0 aliphatic rings. The maximum atomic E-state index is 13.4. The van der Waals surface area contributed by atoms with Crippen molar-refractivity contribution in [3.8, 4) is 11.5 Å². The number of benzene rings is 1. The molecule has 2 heterocycles. The van der Waals surface area contributed by atoms with Crippen LogP contribution in [0.3, 0.4) is 0 Å². The van der Waals surface area contributed by atoms with E-state index in [1.807, 2.05) is 49.6 Å². The molecule has 0 aliphatic carbocycles. The number of rotatable bonds is 11. The van der Waals surface area contributed by atoms with E-state index in [9.17, 15) is 9.59 Å². The van der Waals surface area contributed by atoms with E-state index < -0.39 is 0 Å². The number of thiophene rings is 1. The van der Waals surface area contributed by atoms with Crippen LogP contribution in [0.2, 0.25) is 0 Å². The van der Waals surface area contributed by atoms with Crippen molar-refractivity contribution in [3.05, 3.63) is 70.3 Å². The third-order valence-corrected chi connectivity index (χ3v) is 6.18. The largest absolute Gasteiger partial charge is 0.493 e. The Labute approximate surface area is 198 Å². The summed E-state index contributed by atoms with van der Waals surface area (Å²) >= 11 is 1.60. The van der Waals surface area contributed by atoms with Gasteiger partial charge in [-0.2, -0.15) is 0 Å². The predicted octanol–water partition coefficient (Wildman–Crippen LogP) is 4.48. The average Bonchev–Trinajstić information content (AvgIpc) is 3.53. The number of hydrogen-bond donors (Lipinski definition) is 0. The monoisotopic (exact) mass is 470 g/mol. The van der Waals surface area contributed by atoms with Crippen molar-refractivity contribution in [1.29, 1.82) is 0 Å². The molecule has 0 N–H and O–H groups in total. The zero-order valence-corrected chi connectivity index (χ0v) is 20.3. The Morgan fingerprint density at radius 1 is 1.06 bits per heavy atom. The molecule has 0 atom stereocenters. The van der Waals surface area contributed by atoms with Crippen LogP contribution in [0, 0.1) is 0 Å². The van der Waals surface area contributed by atoms with Gasteiger partial charge in [0.15, 0.2) is 17.3 Å². The van der Waals surface area contributed by atoms with Gasteiger partial charge in [-0.25, -0.2) is 0 Å². The first kappa shape index (κ1) is 24.4. The van der Waals surface area contributed by atoms with E-state index in [1.54, 1.807) is 47.5 Å². The van der Waals surface area contributed by atoms with Crippen molar-refractivity contribution in [2.75, 3.05) is 27.3 Å². The Bertz CT molecular complexity index is 1030. The average molecular weight is 471 g/mol. The molecular weight excluding hydrogens is 440 g/mol. The van der Waals surface area contributed by atoms with Crippen molar-refractivity contribution in [2.45, 2.75) is 32.9 Å². The maximum Gasteiger partial charge on any atom is 0.290 e. The van der Waals surface area contributed by atoms with Crippen LogP contribution >= 0.6 is 11.3 Å². The van der Waals surface area contributed by atoms with Gasteiger partial charge < -0.3 is 23.7 Å². The number of hydrogen-bond acceptors (Lipinski definition) is 6. The smallest absolute Gasteiger partial charge is 0.290 e. The molecule has 2 aromatic heterocycles. The zero-order valence-electron chi connectivity index (χ0n) is 19.4. The first-order valence-corrected chi connectivity index (χ1v) is 11.7. The Balaban J connectivity index is 1.75. The number of furan rings is 1. The molecule has 3 rings (SSSR count). The van der Waals surface area contributed by atoms with Gasteiger partial charge in [-0.3, -0.25) is 9.59 Å². The van der Waals surface area contributed by atoms with Crippen LogP contribution in [0.15, 0.2) is 58.5 Å². The number of amides is 2. The summed E-state index contributed by atoms with van der Waals surface area (Å²) in [5, 5.41) is 1.99. The molecule has 0 saturated heterocycles. The van der Waals surface area contributed by atoms with Crippen LogP contribution in [-0.2, 0) is 17.8 Å². The molecule has 33 heavy (non-hydrogen) atoms. The number of carbonyl (C=O) groups excluding carboxylic acids is 2. The molecule has 1 aromatic carbocycles. The van der Waals surface area contributed by atoms with Crippen molar-refractivity contribution in [2.24, 2.45) is 0 Å². The third kappa shape index (κ3) is 6.38. The maximum absolute atomic E-state index is 13.4. The van der Waals surface area contributed by atoms with E-state index in [1.165, 1.54) is 6.26 Å². The second-order valence-electron chi connectivity index (χ2n) is 7.84. The van der Waals surface area contributed by atoms with Gasteiger partial charge in [0.2, 0.25) is 5.91 Å². The van der Waals surface area contributed by atoms with Crippen molar-refractivity contribution in [1.82, 2.24) is 9.80 Å². The number of ether oxygens (including phenoxy) is 2. The summed E-state index contributed by atoms with van der Waals surface area (Å²) in [6.07, 6.45) is 2.10. The lowest BCUT2D eigenvalue weighted by Crippen LogP contribution is -2.46. The van der Waals surface area contributed by atoms with Crippen LogP contribution < -0.4 is 9.47 Å². The van der Waals surface area contributed by atoms with E-state index >= 15 is 0 Å². The van der Waals surface area contributed by atoms with Crippen LogP contribution in [0.25, 0.3) is 0 Å². The number of nitrogens with zero attached hydrogens (tertiary/aromatic N) is 2. The SMILES string of the molecule is COc1ccc(CCN(Cc2cccs2)C(=O)CN(C(=O)c2ccco2)C(C)C)cc1OC. The Kier molecular flexibility index (Phi) is 8.54. The first-order valence-electron chi connectivity index (χ1n) is 10.8. The van der Waals surface area contributed by atoms with Crippen molar-refractivity contribution >= 4 is 23.2 Å². The van der Waals surface area contributed by atoms with E-state index in [4.69, 9.17) is 13.9 Å². The van der Waals surface area contributed by atoms with Crippen LogP contribution in [-0.4, -0.2) is 55.0 Å². The van der Waals surface area contributed by atoms with Gasteiger partial charge in [-0.15, -0.1) is 11.3 Å². The van der Waals surface area contributed by atoms with Gasteiger partial charge in [0.1, 0.15) is 6.54 Å². The highest BCUT2D eigenvalue weighted by molar-refractivity contribution is 7.09. The summed E-state index contributed by atoms with van der Waals surface area (Å²) in [4.78, 5) is 30.7. The molecule has 0 fully saturated rings. The molecule has 0 radical (unpaired) electrons. The molecular formula is C25H30N2O5S. The third-order valence-electron chi connectivity index (χ3n) is 5.32. The molecule has 176 valence electrons. The van der Waals surface area contributed by atoms with Crippen LogP contribution in [0.1, 0.15) is 34.8 Å². The molecule has 0 spiro atoms. The standard InChI is InChI=1S/C25H30N2O5S/c1-18(2)27(25(29)22-8-5-13-32-22)17-24(28)26(16-20-7-6-14-33-20)12-11-19-9-10-21(30-3)23(15-19)31-4/h5-10,13-15,18H,11-12,16-17H2,1-4H3. The van der Waals surface area contributed by atoms with Gasteiger partial charge in [0, 0.05) is 17.5 Å². The lowest BCUT2D eigenvalue weighted by atomic mass is 10.1. The normalized spacial score (nSPS) is 10.8. The topological polar surface area (TPSA) is 72.2 Å². The molecule has 0 aliphatic heterocycles. The Hall–Kier alpha value is -3.26. The molecule has 8 heteroatoms. The number of carbonyl (C=O) groups is 2. The van der Waals surface area contributed by atoms with Gasteiger partial charge in [0.05, 0.1) is 27.0 Å². The summed E-state index contributed by atoms with van der Waals surface area (Å²) in [6.45, 7) is 4.76. The Morgan fingerprint density at radius 3 is 2.45 bits per heavy atom. The fourth-order valence-electron chi connectivity index (χ4n) is 3.46. The van der Waals surface area contributed by atoms with Gasteiger partial charge >= 0.3 is 0 Å². The van der Waals surface area contributed by atoms with Crippen LogP contribution in [0.4, 0.5) is 0 Å². The highest BCUT2D eigenvalue weighted by Crippen LogP contribution is 2.28. The first-order chi connectivity index (χ1) is 15.9. The Morgan fingerprint density at radius 2 is 1.85 bits per heavy atom. The van der Waals surface area contributed by atoms with E-state index in [0.717, 1.165) is 10.4 Å². The van der Waals surface area contributed by atoms with Gasteiger partial charge in [-0.05, 0) is 61.5 Å². The van der Waals surface area contributed by atoms with Crippen molar-refractivity contribution < 1.29 is 23.5 Å². The fraction of sp³-hybridized carbons (Fsp3) is 0.360. The lowest BCUT2D eigenvalue weighted by Gasteiger charge is -2.29. The van der Waals surface area contributed by atoms with Crippen molar-refractivity contribution in [3.63, 3.8) is 0 Å². The predicted molar refractivity (Wildman–Crippen MR) is 128 cm³/mol. The number of methoxy groups -OCH3 is 2. The van der Waals surface area contributed by atoms with E-state index in [2.05, 4.69) is 0 Å². The minimum absolute atomic E-state index is 0.0193. The lowest BCUT2D eigenvalue weighted by molar-refractivity contribution is -0.132. The zero-order chi connectivity index (χ0) is 23.8. The molecule has 0 saturated carbocycles. The quantitative estimate of drug-likeness (QED) is 0.413. The second-order valence-corrected chi connectivity index (χ2v) is 8.87. The molecule has 3 aromatic rings. The van der Waals surface area contributed by atoms with Gasteiger partial charge in [-0.1, -0.05) is 12.1 Å². The molecule has 7 nitrogen and oxygen atoms in total. The fourth-order valence-corrected chi connectivity index (χ4v) is 4.18. The van der Waals surface area contributed by atoms with Crippen LogP contribution in [0.5, 0.6) is 11.5 Å². The summed E-state index contributed by atoms with van der Waals surface area (Å²) < 4.78 is 16.0. The van der Waals surface area contributed by atoms with E-state index in [-0.39, 0.29) is 30.2 Å². The summed E-state index contributed by atoms with van der Waals surface area (Å²) in [5.41, 5.74) is 1.03. The highest BCUT2D eigenvalue weighted by atomic mass is 32.1. The summed E-state index contributed by atoms with van der Waals surface area (Å²) in [5.74, 6) is 1.14. The second kappa shape index (κ2) is 11.6.